The summed E-state index contributed by atoms with van der Waals surface area (Å²) in [4.78, 5) is 24.4. The second kappa shape index (κ2) is 12.4. The molecule has 2 aromatic carbocycles. The standard InChI is InChI=1S/C24H28ClN3O7/c1-5-34-21(30)12-19-24(28-27-20(29)13-31-2)26-17-10-9-14(25)11-16(17)22(35-19)15-7-6-8-18(32-3)23(15)33-4/h6-11,19,22H,5,12-13H2,1-4H3,(H,26,28)(H,27,29)/t19-,22-/m1/s1. The first-order valence-corrected chi connectivity index (χ1v) is 11.2. The van der Waals surface area contributed by atoms with Gasteiger partial charge < -0.3 is 29.0 Å². The third kappa shape index (κ3) is 6.41. The number of hydrazone groups is 1. The molecule has 2 N–H and O–H groups in total. The lowest BCUT2D eigenvalue weighted by Crippen LogP contribution is -2.35. The van der Waals surface area contributed by atoms with Gasteiger partial charge in [-0.1, -0.05) is 23.7 Å². The van der Waals surface area contributed by atoms with Crippen LogP contribution in [-0.4, -0.2) is 58.4 Å². The van der Waals surface area contributed by atoms with Gasteiger partial charge in [0, 0.05) is 28.9 Å². The highest BCUT2D eigenvalue weighted by molar-refractivity contribution is 6.30. The van der Waals surface area contributed by atoms with Gasteiger partial charge in [0.1, 0.15) is 18.8 Å². The molecule has 11 heteroatoms. The fourth-order valence-corrected chi connectivity index (χ4v) is 3.83. The molecule has 0 radical (unpaired) electrons. The van der Waals surface area contributed by atoms with Gasteiger partial charge in [-0.05, 0) is 31.2 Å². The van der Waals surface area contributed by atoms with Crippen molar-refractivity contribution < 1.29 is 33.3 Å². The molecule has 1 heterocycles. The minimum atomic E-state index is -0.913. The molecule has 1 aliphatic rings. The quantitative estimate of drug-likeness (QED) is 0.394. The van der Waals surface area contributed by atoms with Gasteiger partial charge in [-0.15, -0.1) is 0 Å². The number of anilines is 1. The zero-order chi connectivity index (χ0) is 25.4. The van der Waals surface area contributed by atoms with E-state index in [9.17, 15) is 9.59 Å². The lowest BCUT2D eigenvalue weighted by molar-refractivity contribution is -0.145. The van der Waals surface area contributed by atoms with Crippen molar-refractivity contribution in [1.29, 1.82) is 0 Å². The van der Waals surface area contributed by atoms with Gasteiger partial charge in [0.2, 0.25) is 0 Å². The summed E-state index contributed by atoms with van der Waals surface area (Å²) in [7, 11) is 4.47. The van der Waals surface area contributed by atoms with Gasteiger partial charge in [-0.25, -0.2) is 5.43 Å². The van der Waals surface area contributed by atoms with E-state index < -0.39 is 24.1 Å². The number of para-hydroxylation sites is 1. The molecule has 2 aromatic rings. The summed E-state index contributed by atoms with van der Waals surface area (Å²) >= 11 is 6.34. The number of carbonyl (C=O) groups is 2. The maximum Gasteiger partial charge on any atom is 0.308 e. The summed E-state index contributed by atoms with van der Waals surface area (Å²) in [6.07, 6.45) is -1.81. The molecule has 0 aliphatic carbocycles. The van der Waals surface area contributed by atoms with Crippen LogP contribution in [0.1, 0.15) is 30.6 Å². The lowest BCUT2D eigenvalue weighted by Gasteiger charge is -2.24. The molecule has 0 bridgehead atoms. The molecule has 0 saturated carbocycles. The van der Waals surface area contributed by atoms with Crippen molar-refractivity contribution in [2.24, 2.45) is 5.10 Å². The van der Waals surface area contributed by atoms with Crippen LogP contribution in [0.4, 0.5) is 5.69 Å². The fourth-order valence-electron chi connectivity index (χ4n) is 3.65. The van der Waals surface area contributed by atoms with Gasteiger partial charge in [-0.2, -0.15) is 5.10 Å². The Bertz CT molecular complexity index is 1090. The van der Waals surface area contributed by atoms with Crippen LogP contribution in [0.3, 0.4) is 0 Å². The number of halogens is 1. The summed E-state index contributed by atoms with van der Waals surface area (Å²) in [6, 6.07) is 10.6. The molecule has 0 aromatic heterocycles. The van der Waals surface area contributed by atoms with E-state index in [-0.39, 0.29) is 25.5 Å². The van der Waals surface area contributed by atoms with Crippen molar-refractivity contribution in [3.8, 4) is 11.5 Å². The number of nitrogens with zero attached hydrogens (tertiary/aromatic N) is 1. The molecule has 0 spiro atoms. The SMILES string of the molecule is CCOC(=O)C[C@H]1O[C@H](c2cccc(OC)c2OC)c2cc(Cl)ccc2N/C1=N\NC(=O)COC. The van der Waals surface area contributed by atoms with E-state index in [0.29, 0.717) is 33.3 Å². The number of rotatable bonds is 9. The third-order valence-electron chi connectivity index (χ3n) is 5.11. The maximum absolute atomic E-state index is 12.4. The number of amidine groups is 1. The van der Waals surface area contributed by atoms with Gasteiger partial charge in [0.15, 0.2) is 17.3 Å². The van der Waals surface area contributed by atoms with E-state index in [4.69, 9.17) is 35.3 Å². The predicted molar refractivity (Wildman–Crippen MR) is 130 cm³/mol. The third-order valence-corrected chi connectivity index (χ3v) is 5.35. The van der Waals surface area contributed by atoms with E-state index in [0.717, 1.165) is 0 Å². The minimum Gasteiger partial charge on any atom is -0.493 e. The maximum atomic E-state index is 12.4. The molecule has 0 saturated heterocycles. The second-order valence-electron chi connectivity index (χ2n) is 7.42. The van der Waals surface area contributed by atoms with Gasteiger partial charge in [0.25, 0.3) is 5.91 Å². The summed E-state index contributed by atoms with van der Waals surface area (Å²) < 4.78 is 27.6. The number of carbonyl (C=O) groups excluding carboxylic acids is 2. The number of amides is 1. The number of hydrogen-bond acceptors (Lipinski definition) is 8. The molecular weight excluding hydrogens is 478 g/mol. The number of benzene rings is 2. The lowest BCUT2D eigenvalue weighted by atomic mass is 9.98. The summed E-state index contributed by atoms with van der Waals surface area (Å²) in [5.41, 5.74) is 4.35. The number of nitrogens with one attached hydrogen (secondary N) is 2. The number of esters is 1. The number of fused-ring (bicyclic) bond motifs is 1. The number of ether oxygens (including phenoxy) is 5. The molecule has 3 rings (SSSR count). The topological polar surface area (TPSA) is 117 Å². The molecule has 2 atom stereocenters. The van der Waals surface area contributed by atoms with Crippen molar-refractivity contribution in [2.75, 3.05) is 39.9 Å². The van der Waals surface area contributed by atoms with Crippen molar-refractivity contribution >= 4 is 35.0 Å². The highest BCUT2D eigenvalue weighted by Crippen LogP contribution is 2.43. The smallest absolute Gasteiger partial charge is 0.308 e. The van der Waals surface area contributed by atoms with Crippen molar-refractivity contribution in [3.05, 3.63) is 52.5 Å². The Morgan fingerprint density at radius 3 is 2.63 bits per heavy atom. The van der Waals surface area contributed by atoms with Gasteiger partial charge in [0.05, 0.1) is 27.2 Å². The monoisotopic (exact) mass is 505 g/mol. The highest BCUT2D eigenvalue weighted by atomic mass is 35.5. The van der Waals surface area contributed by atoms with E-state index >= 15 is 0 Å². The van der Waals surface area contributed by atoms with Crippen molar-refractivity contribution in [3.63, 3.8) is 0 Å². The Kier molecular flexibility index (Phi) is 9.30. The Morgan fingerprint density at radius 1 is 1.14 bits per heavy atom. The van der Waals surface area contributed by atoms with Gasteiger partial charge in [-0.3, -0.25) is 9.59 Å². The van der Waals surface area contributed by atoms with Crippen LogP contribution in [0.25, 0.3) is 0 Å². The molecule has 0 unspecified atom stereocenters. The van der Waals surface area contributed by atoms with Crippen LogP contribution in [0, 0.1) is 0 Å². The molecule has 1 amide bonds. The van der Waals surface area contributed by atoms with Crippen LogP contribution >= 0.6 is 11.6 Å². The summed E-state index contributed by atoms with van der Waals surface area (Å²) in [6.45, 7) is 1.74. The summed E-state index contributed by atoms with van der Waals surface area (Å²) in [5.74, 6) is 0.223. The van der Waals surface area contributed by atoms with E-state index in [1.54, 1.807) is 38.3 Å². The van der Waals surface area contributed by atoms with Crippen LogP contribution in [0.5, 0.6) is 11.5 Å². The van der Waals surface area contributed by atoms with Gasteiger partial charge >= 0.3 is 5.97 Å². The Labute approximate surface area is 208 Å². The average molecular weight is 506 g/mol. The van der Waals surface area contributed by atoms with E-state index in [1.807, 2.05) is 12.1 Å². The largest absolute Gasteiger partial charge is 0.493 e. The number of hydrogen-bond donors (Lipinski definition) is 2. The van der Waals surface area contributed by atoms with Crippen molar-refractivity contribution in [1.82, 2.24) is 5.43 Å². The highest BCUT2D eigenvalue weighted by Gasteiger charge is 2.34. The second-order valence-corrected chi connectivity index (χ2v) is 7.85. The first kappa shape index (κ1) is 26.3. The van der Waals surface area contributed by atoms with Crippen LogP contribution in [0.15, 0.2) is 41.5 Å². The molecule has 10 nitrogen and oxygen atoms in total. The minimum absolute atomic E-state index is 0.162. The van der Waals surface area contributed by atoms with Crippen molar-refractivity contribution in [2.45, 2.75) is 25.6 Å². The summed E-state index contributed by atoms with van der Waals surface area (Å²) in [5, 5.41) is 7.85. The first-order valence-electron chi connectivity index (χ1n) is 10.9. The zero-order valence-electron chi connectivity index (χ0n) is 19.9. The molecule has 35 heavy (non-hydrogen) atoms. The Balaban J connectivity index is 2.13. The Hall–Kier alpha value is -3.34. The number of methoxy groups -OCH3 is 3. The zero-order valence-corrected chi connectivity index (χ0v) is 20.7. The van der Waals surface area contributed by atoms with Crippen LogP contribution in [-0.2, 0) is 23.8 Å². The van der Waals surface area contributed by atoms with E-state index in [2.05, 4.69) is 15.8 Å². The molecule has 1 aliphatic heterocycles. The van der Waals surface area contributed by atoms with E-state index in [1.165, 1.54) is 14.2 Å². The molecular formula is C24H28ClN3O7. The predicted octanol–water partition coefficient (Wildman–Crippen LogP) is 3.29. The Morgan fingerprint density at radius 2 is 1.94 bits per heavy atom. The fraction of sp³-hybridized carbons (Fsp3) is 0.375. The molecule has 188 valence electrons. The average Bonchev–Trinajstić information content (AvgIpc) is 2.99. The normalized spacial score (nSPS) is 18.1. The first-order chi connectivity index (χ1) is 16.9. The molecule has 0 fully saturated rings. The van der Waals surface area contributed by atoms with Crippen LogP contribution in [0.2, 0.25) is 5.02 Å². The van der Waals surface area contributed by atoms with Crippen LogP contribution < -0.4 is 20.2 Å².